The lowest BCUT2D eigenvalue weighted by molar-refractivity contribution is 0.150. The summed E-state index contributed by atoms with van der Waals surface area (Å²) < 4.78 is 0. The van der Waals surface area contributed by atoms with E-state index in [1.165, 1.54) is 38.9 Å². The van der Waals surface area contributed by atoms with Crippen LogP contribution in [0.2, 0.25) is 0 Å². The molecule has 0 amide bonds. The normalized spacial score (nSPS) is 25.4. The van der Waals surface area contributed by atoms with Crippen LogP contribution in [0.1, 0.15) is 33.1 Å². The van der Waals surface area contributed by atoms with Gasteiger partial charge in [-0.05, 0) is 52.4 Å². The number of hydrogen-bond acceptors (Lipinski definition) is 3. The molecule has 1 aliphatic rings. The molecule has 1 heterocycles. The van der Waals surface area contributed by atoms with Crippen LogP contribution >= 0.6 is 0 Å². The van der Waals surface area contributed by atoms with Gasteiger partial charge in [0, 0.05) is 25.7 Å². The predicted molar refractivity (Wildman–Crippen MR) is 75.5 cm³/mol. The summed E-state index contributed by atoms with van der Waals surface area (Å²) in [5.74, 6) is 0. The summed E-state index contributed by atoms with van der Waals surface area (Å²) in [5, 5.41) is 3.33. The number of likely N-dealkylation sites (tertiary alicyclic amines) is 1. The van der Waals surface area contributed by atoms with E-state index in [4.69, 9.17) is 0 Å². The van der Waals surface area contributed by atoms with Crippen LogP contribution in [-0.2, 0) is 0 Å². The van der Waals surface area contributed by atoms with E-state index in [9.17, 15) is 0 Å². The molecule has 0 aromatic heterocycles. The van der Waals surface area contributed by atoms with Crippen molar-refractivity contribution >= 4 is 0 Å². The molecule has 1 N–H and O–H groups in total. The van der Waals surface area contributed by atoms with Gasteiger partial charge in [0.2, 0.25) is 0 Å². The van der Waals surface area contributed by atoms with Crippen LogP contribution in [0.5, 0.6) is 0 Å². The van der Waals surface area contributed by atoms with Gasteiger partial charge in [-0.15, -0.1) is 0 Å². The highest BCUT2D eigenvalue weighted by Crippen LogP contribution is 2.22. The first-order chi connectivity index (χ1) is 8.00. The van der Waals surface area contributed by atoms with Gasteiger partial charge in [0.1, 0.15) is 0 Å². The Labute approximate surface area is 108 Å². The first kappa shape index (κ1) is 14.9. The minimum Gasteiger partial charge on any atom is -0.319 e. The van der Waals surface area contributed by atoms with E-state index in [-0.39, 0.29) is 0 Å². The third-order valence-corrected chi connectivity index (χ3v) is 4.30. The zero-order chi connectivity index (χ0) is 12.9. The summed E-state index contributed by atoms with van der Waals surface area (Å²) in [4.78, 5) is 5.03. The SMILES string of the molecule is CCC(C)(CNC)CN(C)CC1CCCN1C. The van der Waals surface area contributed by atoms with Crippen molar-refractivity contribution in [3.63, 3.8) is 0 Å². The molecule has 1 aliphatic heterocycles. The van der Waals surface area contributed by atoms with Crippen molar-refractivity contribution in [2.75, 3.05) is 47.3 Å². The molecule has 3 nitrogen and oxygen atoms in total. The van der Waals surface area contributed by atoms with Crippen molar-refractivity contribution in [3.8, 4) is 0 Å². The fourth-order valence-electron chi connectivity index (χ4n) is 3.01. The van der Waals surface area contributed by atoms with Gasteiger partial charge in [-0.2, -0.15) is 0 Å². The summed E-state index contributed by atoms with van der Waals surface area (Å²) in [6.07, 6.45) is 3.98. The van der Waals surface area contributed by atoms with Crippen LogP contribution < -0.4 is 5.32 Å². The van der Waals surface area contributed by atoms with Gasteiger partial charge in [0.15, 0.2) is 0 Å². The van der Waals surface area contributed by atoms with Crippen LogP contribution in [0.15, 0.2) is 0 Å². The minimum atomic E-state index is 0.403. The third-order valence-electron chi connectivity index (χ3n) is 4.30. The Balaban J connectivity index is 2.39. The van der Waals surface area contributed by atoms with Gasteiger partial charge >= 0.3 is 0 Å². The van der Waals surface area contributed by atoms with Crippen molar-refractivity contribution < 1.29 is 0 Å². The molecule has 17 heavy (non-hydrogen) atoms. The zero-order valence-corrected chi connectivity index (χ0v) is 12.4. The molecule has 0 aliphatic carbocycles. The maximum Gasteiger partial charge on any atom is 0.0220 e. The Kier molecular flexibility index (Phi) is 5.90. The molecular formula is C14H31N3. The molecule has 0 spiro atoms. The molecule has 0 saturated carbocycles. The molecule has 2 atom stereocenters. The van der Waals surface area contributed by atoms with Gasteiger partial charge in [-0.25, -0.2) is 0 Å². The van der Waals surface area contributed by atoms with Gasteiger partial charge in [0.05, 0.1) is 0 Å². The smallest absolute Gasteiger partial charge is 0.0220 e. The van der Waals surface area contributed by atoms with Gasteiger partial charge < -0.3 is 15.1 Å². The van der Waals surface area contributed by atoms with Crippen LogP contribution in [0.3, 0.4) is 0 Å². The molecule has 0 radical (unpaired) electrons. The molecule has 1 fully saturated rings. The minimum absolute atomic E-state index is 0.403. The van der Waals surface area contributed by atoms with E-state index < -0.39 is 0 Å². The second kappa shape index (κ2) is 6.72. The second-order valence-corrected chi connectivity index (χ2v) is 6.17. The Morgan fingerprint density at radius 1 is 1.47 bits per heavy atom. The summed E-state index contributed by atoms with van der Waals surface area (Å²) in [5.41, 5.74) is 0.403. The number of nitrogens with one attached hydrogen (secondary N) is 1. The van der Waals surface area contributed by atoms with Gasteiger partial charge in [-0.3, -0.25) is 0 Å². The Morgan fingerprint density at radius 2 is 2.18 bits per heavy atom. The van der Waals surface area contributed by atoms with Crippen molar-refractivity contribution in [3.05, 3.63) is 0 Å². The maximum atomic E-state index is 3.33. The molecule has 0 aromatic carbocycles. The predicted octanol–water partition coefficient (Wildman–Crippen LogP) is 1.65. The molecule has 3 heteroatoms. The van der Waals surface area contributed by atoms with Crippen molar-refractivity contribution in [1.29, 1.82) is 0 Å². The molecule has 1 saturated heterocycles. The Hall–Kier alpha value is -0.120. The number of nitrogens with zero attached hydrogens (tertiary/aromatic N) is 2. The van der Waals surface area contributed by atoms with Crippen LogP contribution in [0.4, 0.5) is 0 Å². The van der Waals surface area contributed by atoms with E-state index >= 15 is 0 Å². The Morgan fingerprint density at radius 3 is 2.65 bits per heavy atom. The van der Waals surface area contributed by atoms with Crippen LogP contribution in [0, 0.1) is 5.41 Å². The number of hydrogen-bond donors (Lipinski definition) is 1. The lowest BCUT2D eigenvalue weighted by Crippen LogP contribution is -2.44. The van der Waals surface area contributed by atoms with E-state index in [1.807, 2.05) is 0 Å². The van der Waals surface area contributed by atoms with Gasteiger partial charge in [0.25, 0.3) is 0 Å². The monoisotopic (exact) mass is 241 g/mol. The largest absolute Gasteiger partial charge is 0.319 e. The lowest BCUT2D eigenvalue weighted by atomic mass is 9.87. The standard InChI is InChI=1S/C14H31N3/c1-6-14(2,11-15-3)12-16(4)10-13-8-7-9-17(13)5/h13,15H,6-12H2,1-5H3. The van der Waals surface area contributed by atoms with Crippen molar-refractivity contribution in [1.82, 2.24) is 15.1 Å². The maximum absolute atomic E-state index is 3.33. The Bertz CT molecular complexity index is 220. The summed E-state index contributed by atoms with van der Waals surface area (Å²) in [6, 6.07) is 0.774. The van der Waals surface area contributed by atoms with Crippen LogP contribution in [-0.4, -0.2) is 63.2 Å². The van der Waals surface area contributed by atoms with Crippen LogP contribution in [0.25, 0.3) is 0 Å². The number of rotatable bonds is 7. The third kappa shape index (κ3) is 4.57. The topological polar surface area (TPSA) is 18.5 Å². The molecular weight excluding hydrogens is 210 g/mol. The van der Waals surface area contributed by atoms with E-state index in [2.05, 4.69) is 50.1 Å². The van der Waals surface area contributed by atoms with Crippen molar-refractivity contribution in [2.45, 2.75) is 39.2 Å². The first-order valence-corrected chi connectivity index (χ1v) is 7.04. The second-order valence-electron chi connectivity index (χ2n) is 6.17. The van der Waals surface area contributed by atoms with E-state index in [0.717, 1.165) is 12.6 Å². The lowest BCUT2D eigenvalue weighted by Gasteiger charge is -2.35. The molecule has 0 bridgehead atoms. The first-order valence-electron chi connectivity index (χ1n) is 7.04. The highest BCUT2D eigenvalue weighted by molar-refractivity contribution is 4.83. The fourth-order valence-corrected chi connectivity index (χ4v) is 3.01. The van der Waals surface area contributed by atoms with E-state index in [0.29, 0.717) is 5.41 Å². The molecule has 1 rings (SSSR count). The van der Waals surface area contributed by atoms with Gasteiger partial charge in [-0.1, -0.05) is 13.8 Å². The fraction of sp³-hybridized carbons (Fsp3) is 1.00. The quantitative estimate of drug-likeness (QED) is 0.731. The molecule has 2 unspecified atom stereocenters. The summed E-state index contributed by atoms with van der Waals surface area (Å²) in [6.45, 7) is 9.48. The van der Waals surface area contributed by atoms with E-state index in [1.54, 1.807) is 0 Å². The zero-order valence-electron chi connectivity index (χ0n) is 12.4. The average Bonchev–Trinajstić information content (AvgIpc) is 2.64. The highest BCUT2D eigenvalue weighted by atomic mass is 15.2. The summed E-state index contributed by atoms with van der Waals surface area (Å²) >= 11 is 0. The molecule has 0 aromatic rings. The molecule has 102 valence electrons. The van der Waals surface area contributed by atoms with Crippen molar-refractivity contribution in [2.24, 2.45) is 5.41 Å². The number of likely N-dealkylation sites (N-methyl/N-ethyl adjacent to an activating group) is 2. The summed E-state index contributed by atoms with van der Waals surface area (Å²) in [7, 11) is 6.59. The highest BCUT2D eigenvalue weighted by Gasteiger charge is 2.26. The average molecular weight is 241 g/mol.